The molecule has 0 saturated heterocycles. The molecule has 0 heterocycles. The van der Waals surface area contributed by atoms with Gasteiger partial charge < -0.3 is 10.4 Å². The van der Waals surface area contributed by atoms with Crippen molar-refractivity contribution in [2.75, 3.05) is 18.6 Å². The molecule has 1 fully saturated rings. The number of nitrogens with one attached hydrogen (secondary N) is 1. The van der Waals surface area contributed by atoms with E-state index in [0.717, 1.165) is 18.1 Å². The third kappa shape index (κ3) is 4.20. The summed E-state index contributed by atoms with van der Waals surface area (Å²) in [5, 5.41) is 12.6. The minimum Gasteiger partial charge on any atom is -0.396 e. The van der Waals surface area contributed by atoms with Gasteiger partial charge in [0.2, 0.25) is 0 Å². The lowest BCUT2D eigenvalue weighted by Gasteiger charge is -2.24. The van der Waals surface area contributed by atoms with Gasteiger partial charge in [0.05, 0.1) is 0 Å². The Hall–Kier alpha value is 0.270. The molecule has 2 nitrogen and oxygen atoms in total. The summed E-state index contributed by atoms with van der Waals surface area (Å²) >= 11 is 1.86. The van der Waals surface area contributed by atoms with Crippen LogP contribution in [0.15, 0.2) is 0 Å². The SMILES string of the molecule is CCC(NC(CCO)CSC)C1CC1. The fourth-order valence-electron chi connectivity index (χ4n) is 1.96. The Labute approximate surface area is 91.9 Å². The maximum absolute atomic E-state index is 8.95. The topological polar surface area (TPSA) is 32.3 Å². The van der Waals surface area contributed by atoms with Crippen molar-refractivity contribution < 1.29 is 5.11 Å². The van der Waals surface area contributed by atoms with Gasteiger partial charge >= 0.3 is 0 Å². The molecule has 3 heteroatoms. The molecule has 0 aliphatic heterocycles. The Morgan fingerprint density at radius 3 is 2.64 bits per heavy atom. The molecule has 0 bridgehead atoms. The summed E-state index contributed by atoms with van der Waals surface area (Å²) in [6.45, 7) is 2.56. The van der Waals surface area contributed by atoms with E-state index in [1.807, 2.05) is 11.8 Å². The summed E-state index contributed by atoms with van der Waals surface area (Å²) in [6.07, 6.45) is 7.04. The molecule has 2 N–H and O–H groups in total. The van der Waals surface area contributed by atoms with E-state index >= 15 is 0 Å². The van der Waals surface area contributed by atoms with E-state index in [9.17, 15) is 0 Å². The van der Waals surface area contributed by atoms with E-state index in [1.165, 1.54) is 19.3 Å². The van der Waals surface area contributed by atoms with E-state index in [2.05, 4.69) is 18.5 Å². The molecule has 0 radical (unpaired) electrons. The summed E-state index contributed by atoms with van der Waals surface area (Å²) in [6, 6.07) is 1.19. The van der Waals surface area contributed by atoms with Crippen molar-refractivity contribution >= 4 is 11.8 Å². The Kier molecular flexibility index (Phi) is 5.90. The fourth-order valence-corrected chi connectivity index (χ4v) is 2.63. The van der Waals surface area contributed by atoms with Crippen molar-refractivity contribution in [3.8, 4) is 0 Å². The van der Waals surface area contributed by atoms with Crippen molar-refractivity contribution in [2.45, 2.75) is 44.7 Å². The quantitative estimate of drug-likeness (QED) is 0.651. The van der Waals surface area contributed by atoms with Crippen LogP contribution in [0.4, 0.5) is 0 Å². The largest absolute Gasteiger partial charge is 0.396 e. The van der Waals surface area contributed by atoms with Gasteiger partial charge in [-0.3, -0.25) is 0 Å². The summed E-state index contributed by atoms with van der Waals surface area (Å²) < 4.78 is 0. The highest BCUT2D eigenvalue weighted by molar-refractivity contribution is 7.98. The number of thioether (sulfide) groups is 1. The molecule has 1 rings (SSSR count). The van der Waals surface area contributed by atoms with Crippen LogP contribution in [0, 0.1) is 5.92 Å². The first-order valence-electron chi connectivity index (χ1n) is 5.67. The molecule has 2 unspecified atom stereocenters. The molecule has 0 amide bonds. The molecule has 1 aliphatic carbocycles. The van der Waals surface area contributed by atoms with Crippen LogP contribution in [0.3, 0.4) is 0 Å². The normalized spacial score (nSPS) is 20.8. The van der Waals surface area contributed by atoms with Gasteiger partial charge in [0.1, 0.15) is 0 Å². The zero-order chi connectivity index (χ0) is 10.4. The van der Waals surface area contributed by atoms with Gasteiger partial charge in [0, 0.05) is 24.4 Å². The van der Waals surface area contributed by atoms with Crippen LogP contribution >= 0.6 is 11.8 Å². The minimum atomic E-state index is 0.305. The van der Waals surface area contributed by atoms with Crippen LogP contribution in [0.5, 0.6) is 0 Å². The zero-order valence-corrected chi connectivity index (χ0v) is 10.1. The van der Waals surface area contributed by atoms with Gasteiger partial charge in [-0.15, -0.1) is 0 Å². The van der Waals surface area contributed by atoms with Crippen LogP contribution < -0.4 is 5.32 Å². The van der Waals surface area contributed by atoms with Crippen LogP contribution in [-0.2, 0) is 0 Å². The van der Waals surface area contributed by atoms with E-state index in [4.69, 9.17) is 5.11 Å². The van der Waals surface area contributed by atoms with E-state index in [-0.39, 0.29) is 0 Å². The van der Waals surface area contributed by atoms with Crippen molar-refractivity contribution in [1.82, 2.24) is 5.32 Å². The highest BCUT2D eigenvalue weighted by Gasteiger charge is 2.30. The monoisotopic (exact) mass is 217 g/mol. The van der Waals surface area contributed by atoms with Gasteiger partial charge in [0.25, 0.3) is 0 Å². The predicted octanol–water partition coefficient (Wildman–Crippen LogP) is 1.88. The van der Waals surface area contributed by atoms with Gasteiger partial charge in [-0.25, -0.2) is 0 Å². The summed E-state index contributed by atoms with van der Waals surface area (Å²) in [5.41, 5.74) is 0. The second-order valence-corrected chi connectivity index (χ2v) is 5.09. The standard InChI is InChI=1S/C11H23NOS/c1-3-11(9-4-5-9)12-10(6-7-13)8-14-2/h9-13H,3-8H2,1-2H3. The van der Waals surface area contributed by atoms with Gasteiger partial charge in [-0.1, -0.05) is 6.92 Å². The molecule has 1 aliphatic rings. The Bertz CT molecular complexity index is 144. The van der Waals surface area contributed by atoms with E-state index in [1.54, 1.807) is 0 Å². The molecule has 0 aromatic heterocycles. The molecule has 0 aromatic carbocycles. The second-order valence-electron chi connectivity index (χ2n) is 4.18. The first-order valence-corrected chi connectivity index (χ1v) is 7.07. The first-order chi connectivity index (χ1) is 6.81. The average molecular weight is 217 g/mol. The lowest BCUT2D eigenvalue weighted by atomic mass is 10.1. The minimum absolute atomic E-state index is 0.305. The van der Waals surface area contributed by atoms with Crippen molar-refractivity contribution in [3.05, 3.63) is 0 Å². The van der Waals surface area contributed by atoms with Crippen molar-refractivity contribution in [1.29, 1.82) is 0 Å². The number of hydrogen-bond acceptors (Lipinski definition) is 3. The third-order valence-electron chi connectivity index (χ3n) is 2.93. The summed E-state index contributed by atoms with van der Waals surface area (Å²) in [5.74, 6) is 2.03. The van der Waals surface area contributed by atoms with E-state index in [0.29, 0.717) is 18.7 Å². The van der Waals surface area contributed by atoms with Crippen molar-refractivity contribution in [3.63, 3.8) is 0 Å². The van der Waals surface area contributed by atoms with Gasteiger partial charge in [0.15, 0.2) is 0 Å². The third-order valence-corrected chi connectivity index (χ3v) is 3.66. The number of hydrogen-bond donors (Lipinski definition) is 2. The highest BCUT2D eigenvalue weighted by Crippen LogP contribution is 2.34. The molecule has 84 valence electrons. The number of aliphatic hydroxyl groups excluding tert-OH is 1. The Balaban J connectivity index is 2.27. The van der Waals surface area contributed by atoms with Gasteiger partial charge in [-0.05, 0) is 37.9 Å². The van der Waals surface area contributed by atoms with Crippen molar-refractivity contribution in [2.24, 2.45) is 5.92 Å². The average Bonchev–Trinajstić information content (AvgIpc) is 2.98. The number of aliphatic hydroxyl groups is 1. The van der Waals surface area contributed by atoms with E-state index < -0.39 is 0 Å². The molecular weight excluding hydrogens is 194 g/mol. The van der Waals surface area contributed by atoms with Crippen LogP contribution in [0.1, 0.15) is 32.6 Å². The lowest BCUT2D eigenvalue weighted by molar-refractivity contribution is 0.260. The number of rotatable bonds is 8. The lowest BCUT2D eigenvalue weighted by Crippen LogP contribution is -2.41. The first kappa shape index (κ1) is 12.3. The molecular formula is C11H23NOS. The zero-order valence-electron chi connectivity index (χ0n) is 9.33. The van der Waals surface area contributed by atoms with Crippen LogP contribution in [-0.4, -0.2) is 35.8 Å². The summed E-state index contributed by atoms with van der Waals surface area (Å²) in [7, 11) is 0. The molecule has 0 spiro atoms. The van der Waals surface area contributed by atoms with Crippen LogP contribution in [0.2, 0.25) is 0 Å². The molecule has 2 atom stereocenters. The second kappa shape index (κ2) is 6.70. The fraction of sp³-hybridized carbons (Fsp3) is 1.00. The summed E-state index contributed by atoms with van der Waals surface area (Å²) in [4.78, 5) is 0. The van der Waals surface area contributed by atoms with Crippen LogP contribution in [0.25, 0.3) is 0 Å². The maximum Gasteiger partial charge on any atom is 0.0446 e. The smallest absolute Gasteiger partial charge is 0.0446 e. The van der Waals surface area contributed by atoms with Gasteiger partial charge in [-0.2, -0.15) is 11.8 Å². The Morgan fingerprint density at radius 1 is 1.50 bits per heavy atom. The molecule has 14 heavy (non-hydrogen) atoms. The predicted molar refractivity (Wildman–Crippen MR) is 63.8 cm³/mol. The Morgan fingerprint density at radius 2 is 2.21 bits per heavy atom. The molecule has 1 saturated carbocycles. The highest BCUT2D eigenvalue weighted by atomic mass is 32.2. The molecule has 0 aromatic rings. The maximum atomic E-state index is 8.95.